The Morgan fingerprint density at radius 3 is 2.50 bits per heavy atom. The highest BCUT2D eigenvalue weighted by Crippen LogP contribution is 2.41. The first-order valence-electron chi connectivity index (χ1n) is 9.56. The molecule has 2 aromatic rings. The van der Waals surface area contributed by atoms with Crippen molar-refractivity contribution in [1.82, 2.24) is 0 Å². The smallest absolute Gasteiger partial charge is 0.461 e. The molecular weight excluding hydrogens is 443 g/mol. The molecule has 170 valence electrons. The second kappa shape index (κ2) is 8.40. The maximum Gasteiger partial charge on any atom is 0.461 e. The van der Waals surface area contributed by atoms with Gasteiger partial charge in [-0.1, -0.05) is 18.2 Å². The molecular formula is C22H16F7NO2. The summed E-state index contributed by atoms with van der Waals surface area (Å²) in [6.45, 7) is 0.0453. The number of anilines is 1. The predicted molar refractivity (Wildman–Crippen MR) is 102 cm³/mol. The van der Waals surface area contributed by atoms with E-state index in [-0.39, 0.29) is 23.7 Å². The minimum absolute atomic E-state index is 0.0453. The first-order valence-corrected chi connectivity index (χ1v) is 9.56. The number of hydrogen-bond acceptors (Lipinski definition) is 3. The summed E-state index contributed by atoms with van der Waals surface area (Å²) in [5, 5.41) is 3.17. The lowest BCUT2D eigenvalue weighted by Crippen LogP contribution is -2.38. The summed E-state index contributed by atoms with van der Waals surface area (Å²) in [7, 11) is 0. The lowest BCUT2D eigenvalue weighted by molar-refractivity contribution is -0.280. The Morgan fingerprint density at radius 1 is 1.09 bits per heavy atom. The van der Waals surface area contributed by atoms with Gasteiger partial charge >= 0.3 is 12.5 Å². The fourth-order valence-corrected chi connectivity index (χ4v) is 3.62. The lowest BCUT2D eigenvalue weighted by atomic mass is 9.91. The maximum absolute atomic E-state index is 13.7. The Balaban J connectivity index is 1.56. The first kappa shape index (κ1) is 22.0. The molecule has 1 heterocycles. The predicted octanol–water partition coefficient (Wildman–Crippen LogP) is 6.28. The topological polar surface area (TPSA) is 30.5 Å². The largest absolute Gasteiger partial charge is 0.489 e. The third-order valence-corrected chi connectivity index (χ3v) is 5.15. The van der Waals surface area contributed by atoms with Crippen molar-refractivity contribution in [2.75, 3.05) is 11.9 Å². The molecule has 2 aromatic carbocycles. The van der Waals surface area contributed by atoms with Crippen molar-refractivity contribution in [2.45, 2.75) is 25.0 Å². The molecule has 1 aliphatic heterocycles. The zero-order chi connectivity index (χ0) is 23.0. The van der Waals surface area contributed by atoms with Gasteiger partial charge < -0.3 is 14.8 Å². The van der Waals surface area contributed by atoms with Gasteiger partial charge in [0.2, 0.25) is 0 Å². The molecule has 1 unspecified atom stereocenters. The molecule has 0 radical (unpaired) electrons. The van der Waals surface area contributed by atoms with E-state index in [9.17, 15) is 30.7 Å². The minimum atomic E-state index is -4.62. The molecule has 3 nitrogen and oxygen atoms in total. The number of nitrogens with one attached hydrogen (secondary N) is 1. The monoisotopic (exact) mass is 459 g/mol. The van der Waals surface area contributed by atoms with Gasteiger partial charge in [-0.25, -0.2) is 13.2 Å². The molecule has 32 heavy (non-hydrogen) atoms. The standard InChI is InChI=1S/C22H16F7NO2/c23-15-8-12(9-16(24)19(15)25)14-5-2-6-17-20(14)31-10-18(30-17)11-3-1-4-13(7-11)32-22(28,29)21(26)27/h1-2,4-9,11,18,21,30H,3,10H2/t11-,18?/m0/s1. The molecule has 1 aliphatic carbocycles. The molecule has 4 rings (SSSR count). The van der Waals surface area contributed by atoms with Gasteiger partial charge in [-0.2, -0.15) is 17.6 Å². The molecule has 2 atom stereocenters. The number of alkyl halides is 4. The quantitative estimate of drug-likeness (QED) is 0.422. The van der Waals surface area contributed by atoms with E-state index < -0.39 is 41.9 Å². The molecule has 0 aromatic heterocycles. The summed E-state index contributed by atoms with van der Waals surface area (Å²) in [5.41, 5.74) is 0.863. The molecule has 0 saturated heterocycles. The van der Waals surface area contributed by atoms with Crippen LogP contribution in [-0.2, 0) is 4.74 Å². The Bertz CT molecular complexity index is 1060. The van der Waals surface area contributed by atoms with Gasteiger partial charge in [-0.3, -0.25) is 0 Å². The zero-order valence-electron chi connectivity index (χ0n) is 16.2. The third-order valence-electron chi connectivity index (χ3n) is 5.15. The first-order chi connectivity index (χ1) is 15.2. The fourth-order valence-electron chi connectivity index (χ4n) is 3.62. The van der Waals surface area contributed by atoms with Gasteiger partial charge in [0.25, 0.3) is 0 Å². The summed E-state index contributed by atoms with van der Waals surface area (Å²) in [4.78, 5) is 0. The van der Waals surface area contributed by atoms with Gasteiger partial charge in [0.1, 0.15) is 18.1 Å². The summed E-state index contributed by atoms with van der Waals surface area (Å²) < 4.78 is 102. The number of rotatable bonds is 5. The van der Waals surface area contributed by atoms with Crippen LogP contribution in [0, 0.1) is 23.4 Å². The third kappa shape index (κ3) is 4.26. The summed E-state index contributed by atoms with van der Waals surface area (Å²) in [6, 6.07) is 6.07. The average Bonchev–Trinajstić information content (AvgIpc) is 2.76. The van der Waals surface area contributed by atoms with Crippen molar-refractivity contribution in [3.63, 3.8) is 0 Å². The number of halogens is 7. The van der Waals surface area contributed by atoms with Crippen LogP contribution in [0.1, 0.15) is 6.42 Å². The van der Waals surface area contributed by atoms with Crippen molar-refractivity contribution in [2.24, 2.45) is 5.92 Å². The molecule has 0 fully saturated rings. The normalized spacial score (nSPS) is 20.3. The second-order valence-corrected chi connectivity index (χ2v) is 7.33. The van der Waals surface area contributed by atoms with Crippen LogP contribution >= 0.6 is 0 Å². The second-order valence-electron chi connectivity index (χ2n) is 7.33. The average molecular weight is 459 g/mol. The van der Waals surface area contributed by atoms with E-state index in [4.69, 9.17) is 4.74 Å². The molecule has 2 aliphatic rings. The highest BCUT2D eigenvalue weighted by atomic mass is 19.3. The van der Waals surface area contributed by atoms with Gasteiger partial charge in [0.05, 0.1) is 11.7 Å². The van der Waals surface area contributed by atoms with Crippen molar-refractivity contribution in [3.05, 3.63) is 71.8 Å². The Hall–Kier alpha value is -3.17. The van der Waals surface area contributed by atoms with Crippen LogP contribution in [0.2, 0.25) is 0 Å². The Morgan fingerprint density at radius 2 is 1.81 bits per heavy atom. The van der Waals surface area contributed by atoms with E-state index >= 15 is 0 Å². The number of fused-ring (bicyclic) bond motifs is 1. The van der Waals surface area contributed by atoms with Gasteiger partial charge in [0, 0.05) is 11.5 Å². The number of para-hydroxylation sites is 1. The number of benzene rings is 2. The van der Waals surface area contributed by atoms with Crippen LogP contribution in [0.4, 0.5) is 36.4 Å². The maximum atomic E-state index is 13.7. The SMILES string of the molecule is Fc1cc(-c2cccc3c2OCC([C@@H]2C=C(OC(F)(F)C(F)F)C=CC2)N3)cc(F)c1F. The van der Waals surface area contributed by atoms with Crippen molar-refractivity contribution in [1.29, 1.82) is 0 Å². The van der Waals surface area contributed by atoms with Crippen LogP contribution < -0.4 is 10.1 Å². The number of allylic oxidation sites excluding steroid dienone is 2. The van der Waals surface area contributed by atoms with Gasteiger partial charge in [0.15, 0.2) is 17.5 Å². The van der Waals surface area contributed by atoms with Crippen molar-refractivity contribution >= 4 is 5.69 Å². The number of ether oxygens (including phenoxy) is 2. The zero-order valence-corrected chi connectivity index (χ0v) is 16.2. The molecule has 0 spiro atoms. The van der Waals surface area contributed by atoms with E-state index in [0.29, 0.717) is 17.7 Å². The summed E-state index contributed by atoms with van der Waals surface area (Å²) in [6.07, 6.45) is -4.14. The molecule has 1 N–H and O–H groups in total. The molecule has 0 saturated carbocycles. The van der Waals surface area contributed by atoms with Gasteiger partial charge in [-0.05, 0) is 42.3 Å². The molecule has 0 amide bonds. The van der Waals surface area contributed by atoms with Gasteiger partial charge in [-0.15, -0.1) is 0 Å². The Kier molecular flexibility index (Phi) is 5.79. The van der Waals surface area contributed by atoms with Crippen LogP contribution in [0.25, 0.3) is 11.1 Å². The van der Waals surface area contributed by atoms with E-state index in [1.54, 1.807) is 18.2 Å². The highest BCUT2D eigenvalue weighted by Gasteiger charge is 2.44. The van der Waals surface area contributed by atoms with Crippen molar-refractivity contribution < 1.29 is 40.2 Å². The minimum Gasteiger partial charge on any atom is -0.489 e. The van der Waals surface area contributed by atoms with E-state index in [2.05, 4.69) is 10.1 Å². The van der Waals surface area contributed by atoms with Crippen molar-refractivity contribution in [3.8, 4) is 16.9 Å². The fraction of sp³-hybridized carbons (Fsp3) is 0.273. The lowest BCUT2D eigenvalue weighted by Gasteiger charge is -2.34. The van der Waals surface area contributed by atoms with Crippen LogP contribution in [0.5, 0.6) is 5.75 Å². The summed E-state index contributed by atoms with van der Waals surface area (Å²) in [5.74, 6) is -4.78. The van der Waals surface area contributed by atoms with Crippen LogP contribution in [0.15, 0.2) is 54.3 Å². The molecule has 0 bridgehead atoms. The molecule has 10 heteroatoms. The number of hydrogen-bond donors (Lipinski definition) is 1. The van der Waals surface area contributed by atoms with E-state index in [1.165, 1.54) is 18.2 Å². The van der Waals surface area contributed by atoms with Crippen LogP contribution in [0.3, 0.4) is 0 Å². The highest BCUT2D eigenvalue weighted by molar-refractivity contribution is 5.79. The van der Waals surface area contributed by atoms with E-state index in [0.717, 1.165) is 12.1 Å². The Labute approximate surface area is 178 Å². The summed E-state index contributed by atoms with van der Waals surface area (Å²) >= 11 is 0. The van der Waals surface area contributed by atoms with E-state index in [1.807, 2.05) is 0 Å². The van der Waals surface area contributed by atoms with Crippen LogP contribution in [-0.4, -0.2) is 25.2 Å².